The third-order valence-electron chi connectivity index (χ3n) is 4.95. The van der Waals surface area contributed by atoms with E-state index >= 15 is 0 Å². The molecule has 130 valence electrons. The zero-order chi connectivity index (χ0) is 17.4. The van der Waals surface area contributed by atoms with Gasteiger partial charge in [0.1, 0.15) is 17.9 Å². The van der Waals surface area contributed by atoms with Gasteiger partial charge in [0.2, 0.25) is 11.8 Å². The Morgan fingerprint density at radius 2 is 2.00 bits per heavy atom. The number of aliphatic hydroxyl groups is 1. The van der Waals surface area contributed by atoms with E-state index < -0.39 is 12.1 Å². The molecule has 2 fully saturated rings. The molecule has 0 spiro atoms. The van der Waals surface area contributed by atoms with Crippen molar-refractivity contribution in [3.63, 3.8) is 0 Å². The van der Waals surface area contributed by atoms with Crippen LogP contribution in [0.4, 0.5) is 4.39 Å². The predicted octanol–water partition coefficient (Wildman–Crippen LogP) is -0.0202. The van der Waals surface area contributed by atoms with Crippen LogP contribution in [0.2, 0.25) is 0 Å². The summed E-state index contributed by atoms with van der Waals surface area (Å²) in [6.45, 7) is 3.37. The highest BCUT2D eigenvalue weighted by Crippen LogP contribution is 2.22. The normalized spacial score (nSPS) is 25.2. The van der Waals surface area contributed by atoms with E-state index in [9.17, 15) is 19.1 Å². The molecule has 2 atom stereocenters. The molecule has 0 radical (unpaired) electrons. The monoisotopic (exact) mass is 335 g/mol. The molecule has 0 saturated carbocycles. The van der Waals surface area contributed by atoms with Gasteiger partial charge in [0, 0.05) is 33.2 Å². The highest BCUT2D eigenvalue weighted by atomic mass is 19.1. The number of piperazine rings is 2. The smallest absolute Gasteiger partial charge is 0.248 e. The average molecular weight is 335 g/mol. The number of amides is 2. The van der Waals surface area contributed by atoms with Crippen LogP contribution in [0.25, 0.3) is 0 Å². The predicted molar refractivity (Wildman–Crippen MR) is 85.6 cm³/mol. The van der Waals surface area contributed by atoms with Crippen LogP contribution in [0.15, 0.2) is 18.2 Å². The number of nitrogens with zero attached hydrogens (tertiary/aromatic N) is 3. The molecule has 2 aliphatic rings. The van der Waals surface area contributed by atoms with Gasteiger partial charge in [-0.3, -0.25) is 14.5 Å². The Bertz CT molecular complexity index is 666. The largest absolute Gasteiger partial charge is 0.394 e. The fourth-order valence-electron chi connectivity index (χ4n) is 3.40. The molecule has 1 aromatic rings. The van der Waals surface area contributed by atoms with Crippen LogP contribution in [0.5, 0.6) is 0 Å². The van der Waals surface area contributed by atoms with Gasteiger partial charge < -0.3 is 14.9 Å². The van der Waals surface area contributed by atoms with Crippen molar-refractivity contribution in [1.29, 1.82) is 0 Å². The number of carbonyl (C=O) groups excluding carboxylic acids is 2. The molecule has 0 aromatic heterocycles. The Morgan fingerprint density at radius 1 is 1.25 bits per heavy atom. The summed E-state index contributed by atoms with van der Waals surface area (Å²) in [7, 11) is 1.55. The van der Waals surface area contributed by atoms with Gasteiger partial charge in [-0.05, 0) is 24.1 Å². The van der Waals surface area contributed by atoms with Gasteiger partial charge in [-0.15, -0.1) is 0 Å². The van der Waals surface area contributed by atoms with E-state index in [0.717, 1.165) is 5.56 Å². The molecule has 0 bridgehead atoms. The summed E-state index contributed by atoms with van der Waals surface area (Å²) in [5, 5.41) is 9.35. The first-order valence-electron chi connectivity index (χ1n) is 8.07. The molecule has 2 aliphatic heterocycles. The number of aliphatic hydroxyl groups excluding tert-OH is 1. The Morgan fingerprint density at radius 3 is 2.67 bits per heavy atom. The fraction of sp³-hybridized carbons (Fsp3) is 0.529. The minimum atomic E-state index is -0.786. The zero-order valence-corrected chi connectivity index (χ0v) is 13.9. The molecular weight excluding hydrogens is 313 g/mol. The summed E-state index contributed by atoms with van der Waals surface area (Å²) in [5.41, 5.74) is 1.45. The van der Waals surface area contributed by atoms with Crippen molar-refractivity contribution < 1.29 is 19.1 Å². The van der Waals surface area contributed by atoms with Crippen molar-refractivity contribution in [3.8, 4) is 0 Å². The van der Waals surface area contributed by atoms with Crippen molar-refractivity contribution in [2.24, 2.45) is 0 Å². The molecule has 1 aromatic carbocycles. The average Bonchev–Trinajstić information content (AvgIpc) is 2.57. The Balaban J connectivity index is 1.72. The Hall–Kier alpha value is -1.99. The Kier molecular flexibility index (Phi) is 4.56. The number of hydrogen-bond donors (Lipinski definition) is 1. The van der Waals surface area contributed by atoms with Crippen molar-refractivity contribution in [2.75, 3.05) is 33.3 Å². The van der Waals surface area contributed by atoms with Gasteiger partial charge >= 0.3 is 0 Å². The van der Waals surface area contributed by atoms with E-state index in [2.05, 4.69) is 4.90 Å². The second-order valence-corrected chi connectivity index (χ2v) is 6.51. The highest BCUT2D eigenvalue weighted by Gasteiger charge is 2.46. The van der Waals surface area contributed by atoms with E-state index in [4.69, 9.17) is 0 Å². The third-order valence-corrected chi connectivity index (χ3v) is 4.95. The molecule has 0 unspecified atom stereocenters. The Labute approximate surface area is 140 Å². The summed E-state index contributed by atoms with van der Waals surface area (Å²) in [4.78, 5) is 29.9. The van der Waals surface area contributed by atoms with Crippen LogP contribution in [-0.2, 0) is 16.1 Å². The number of hydrogen-bond acceptors (Lipinski definition) is 4. The number of fused-ring (bicyclic) bond motifs is 1. The van der Waals surface area contributed by atoms with E-state index in [0.29, 0.717) is 31.7 Å². The number of rotatable bonds is 3. The summed E-state index contributed by atoms with van der Waals surface area (Å²) >= 11 is 0. The lowest BCUT2D eigenvalue weighted by molar-refractivity contribution is -0.165. The summed E-state index contributed by atoms with van der Waals surface area (Å²) in [6, 6.07) is 3.83. The van der Waals surface area contributed by atoms with Crippen molar-refractivity contribution >= 4 is 11.8 Å². The molecule has 0 aliphatic carbocycles. The van der Waals surface area contributed by atoms with E-state index in [1.54, 1.807) is 24.9 Å². The SMILES string of the molecule is Cc1ccc(CN2CCN3C(=O)[C@H](CO)N(C)C(=O)[C@H]3C2)cc1F. The van der Waals surface area contributed by atoms with E-state index in [1.807, 2.05) is 6.07 Å². The van der Waals surface area contributed by atoms with Crippen molar-refractivity contribution in [1.82, 2.24) is 14.7 Å². The van der Waals surface area contributed by atoms with E-state index in [1.165, 1.54) is 11.0 Å². The van der Waals surface area contributed by atoms with Gasteiger partial charge in [-0.25, -0.2) is 4.39 Å². The lowest BCUT2D eigenvalue weighted by atomic mass is 10.0. The highest BCUT2D eigenvalue weighted by molar-refractivity contribution is 5.97. The number of aryl methyl sites for hydroxylation is 1. The van der Waals surface area contributed by atoms with Gasteiger partial charge in [-0.2, -0.15) is 0 Å². The van der Waals surface area contributed by atoms with Crippen LogP contribution >= 0.6 is 0 Å². The zero-order valence-electron chi connectivity index (χ0n) is 13.9. The molecular formula is C17H22FN3O3. The minimum absolute atomic E-state index is 0.159. The lowest BCUT2D eigenvalue weighted by Crippen LogP contribution is -2.69. The van der Waals surface area contributed by atoms with Crippen LogP contribution < -0.4 is 0 Å². The molecule has 3 rings (SSSR count). The maximum Gasteiger partial charge on any atom is 0.248 e. The lowest BCUT2D eigenvalue weighted by Gasteiger charge is -2.48. The standard InChI is InChI=1S/C17H22FN3O3/c1-11-3-4-12(7-13(11)18)8-20-5-6-21-14(9-20)16(23)19(2)15(10-22)17(21)24/h3-4,7,14-15,22H,5-6,8-10H2,1-2H3/t14-,15+/m1/s1. The van der Waals surface area contributed by atoms with Crippen molar-refractivity contribution in [2.45, 2.75) is 25.6 Å². The number of carbonyl (C=O) groups is 2. The molecule has 2 amide bonds. The van der Waals surface area contributed by atoms with Crippen LogP contribution in [0.3, 0.4) is 0 Å². The van der Waals surface area contributed by atoms with Gasteiger partial charge in [0.15, 0.2) is 0 Å². The van der Waals surface area contributed by atoms with E-state index in [-0.39, 0.29) is 24.2 Å². The van der Waals surface area contributed by atoms with Crippen LogP contribution in [0.1, 0.15) is 11.1 Å². The topological polar surface area (TPSA) is 64.1 Å². The molecule has 2 heterocycles. The van der Waals surface area contributed by atoms with Crippen LogP contribution in [0, 0.1) is 12.7 Å². The fourth-order valence-corrected chi connectivity index (χ4v) is 3.40. The molecule has 2 saturated heterocycles. The molecule has 7 heteroatoms. The van der Waals surface area contributed by atoms with Gasteiger partial charge in [0.05, 0.1) is 6.61 Å². The number of benzene rings is 1. The third kappa shape index (κ3) is 2.89. The first-order valence-corrected chi connectivity index (χ1v) is 8.07. The second-order valence-electron chi connectivity index (χ2n) is 6.51. The summed E-state index contributed by atoms with van der Waals surface area (Å²) < 4.78 is 13.7. The maximum atomic E-state index is 13.7. The van der Waals surface area contributed by atoms with Gasteiger partial charge in [-0.1, -0.05) is 12.1 Å². The number of halogens is 1. The quantitative estimate of drug-likeness (QED) is 0.843. The maximum absolute atomic E-state index is 13.7. The number of likely N-dealkylation sites (N-methyl/N-ethyl adjacent to an activating group) is 1. The first kappa shape index (κ1) is 16.9. The summed E-state index contributed by atoms with van der Waals surface area (Å²) in [6.07, 6.45) is 0. The molecule has 1 N–H and O–H groups in total. The van der Waals surface area contributed by atoms with Crippen molar-refractivity contribution in [3.05, 3.63) is 35.1 Å². The first-order chi connectivity index (χ1) is 11.4. The second kappa shape index (κ2) is 6.49. The summed E-state index contributed by atoms with van der Waals surface area (Å²) in [5.74, 6) is -0.598. The molecule has 6 nitrogen and oxygen atoms in total. The van der Waals surface area contributed by atoms with Gasteiger partial charge in [0.25, 0.3) is 0 Å². The molecule has 24 heavy (non-hydrogen) atoms. The van der Waals surface area contributed by atoms with Crippen LogP contribution in [-0.4, -0.2) is 77.0 Å². The minimum Gasteiger partial charge on any atom is -0.394 e.